The highest BCUT2D eigenvalue weighted by Crippen LogP contribution is 2.38. The smallest absolute Gasteiger partial charge is 0.306 e. The Bertz CT molecular complexity index is 860. The van der Waals surface area contributed by atoms with Crippen molar-refractivity contribution < 1.29 is 42.1 Å². The summed E-state index contributed by atoms with van der Waals surface area (Å²) < 4.78 is 33.8. The van der Waals surface area contributed by atoms with Gasteiger partial charge in [0.15, 0.2) is 6.10 Å². The molecule has 0 aromatic carbocycles. The van der Waals surface area contributed by atoms with Crippen LogP contribution in [0, 0.1) is 0 Å². The van der Waals surface area contributed by atoms with Crippen LogP contribution in [0.15, 0.2) is 12.2 Å². The van der Waals surface area contributed by atoms with Crippen molar-refractivity contribution in [3.63, 3.8) is 0 Å². The van der Waals surface area contributed by atoms with Crippen LogP contribution in [0.3, 0.4) is 0 Å². The zero-order valence-corrected chi connectivity index (χ0v) is 33.3. The number of hydrogen-bond acceptors (Lipinski definition) is 8. The highest BCUT2D eigenvalue weighted by atomic mass is 31.2. The molecule has 0 heterocycles. The minimum Gasteiger partial charge on any atom is -0.756 e. The number of carbonyl (C=O) groups excluding carboxylic acids is 2. The third-order valence-electron chi connectivity index (χ3n) is 8.54. The van der Waals surface area contributed by atoms with Crippen LogP contribution in [0.25, 0.3) is 0 Å². The lowest BCUT2D eigenvalue weighted by Gasteiger charge is -2.28. The SMILES string of the molecule is CCCCC/C=C/CCCCCCCC(=O)O[C@H](COC(=O)CCCCCCCCCCCCCCC)COP(=O)([O-])OCC[N+](C)(C)C. The Morgan fingerprint density at radius 3 is 1.55 bits per heavy atom. The molecule has 0 aromatic rings. The summed E-state index contributed by atoms with van der Waals surface area (Å²) in [5.74, 6) is -0.840. The lowest BCUT2D eigenvalue weighted by atomic mass is 10.0. The van der Waals surface area contributed by atoms with Crippen LogP contribution in [0.4, 0.5) is 0 Å². The van der Waals surface area contributed by atoms with Crippen molar-refractivity contribution in [2.45, 2.75) is 180 Å². The summed E-state index contributed by atoms with van der Waals surface area (Å²) in [5.41, 5.74) is 0. The van der Waals surface area contributed by atoms with Gasteiger partial charge in [-0.3, -0.25) is 14.2 Å². The van der Waals surface area contributed by atoms with Crippen molar-refractivity contribution >= 4 is 19.8 Å². The number of rotatable bonds is 36. The fourth-order valence-corrected chi connectivity index (χ4v) is 6.08. The van der Waals surface area contributed by atoms with E-state index in [4.69, 9.17) is 18.5 Å². The highest BCUT2D eigenvalue weighted by molar-refractivity contribution is 7.45. The van der Waals surface area contributed by atoms with Gasteiger partial charge in [-0.25, -0.2) is 0 Å². The fourth-order valence-electron chi connectivity index (χ4n) is 5.35. The first-order valence-corrected chi connectivity index (χ1v) is 21.4. The van der Waals surface area contributed by atoms with E-state index < -0.39 is 26.5 Å². The molecule has 0 rings (SSSR count). The largest absolute Gasteiger partial charge is 0.756 e. The Balaban J connectivity index is 4.41. The molecule has 1 unspecified atom stereocenters. The van der Waals surface area contributed by atoms with E-state index in [-0.39, 0.29) is 32.0 Å². The fraction of sp³-hybridized carbons (Fsp3) is 0.897. The van der Waals surface area contributed by atoms with E-state index in [9.17, 15) is 19.0 Å². The van der Waals surface area contributed by atoms with Crippen LogP contribution in [0.1, 0.15) is 174 Å². The highest BCUT2D eigenvalue weighted by Gasteiger charge is 2.21. The lowest BCUT2D eigenvalue weighted by Crippen LogP contribution is -2.37. The number of esters is 2. The standard InChI is InChI=1S/C39H76NO8P/c1-6-8-10-12-14-16-18-20-22-23-25-27-29-31-38(41)45-35-37(36-47-49(43,44)46-34-33-40(3,4)5)48-39(42)32-30-28-26-24-21-19-17-15-13-11-9-7-2/h15,17,37H,6-14,16,18-36H2,1-5H3/b17-15+/t37-/m1/s1. The van der Waals surface area contributed by atoms with Gasteiger partial charge in [0.25, 0.3) is 7.82 Å². The van der Waals surface area contributed by atoms with Gasteiger partial charge in [-0.15, -0.1) is 0 Å². The molecule has 0 aliphatic heterocycles. The molecule has 0 radical (unpaired) electrons. The third kappa shape index (κ3) is 36.3. The predicted molar refractivity (Wildman–Crippen MR) is 199 cm³/mol. The number of carbonyl (C=O) groups is 2. The van der Waals surface area contributed by atoms with Crippen molar-refractivity contribution in [1.82, 2.24) is 0 Å². The van der Waals surface area contributed by atoms with E-state index >= 15 is 0 Å². The summed E-state index contributed by atoms with van der Waals surface area (Å²) in [6, 6.07) is 0. The van der Waals surface area contributed by atoms with Crippen LogP contribution < -0.4 is 4.89 Å². The molecule has 0 saturated heterocycles. The van der Waals surface area contributed by atoms with E-state index in [1.807, 2.05) is 21.1 Å². The molecule has 10 heteroatoms. The molecule has 0 aromatic heterocycles. The summed E-state index contributed by atoms with van der Waals surface area (Å²) >= 11 is 0. The van der Waals surface area contributed by atoms with Gasteiger partial charge in [0.1, 0.15) is 19.8 Å². The molecular formula is C39H76NO8P. The molecule has 9 nitrogen and oxygen atoms in total. The summed E-state index contributed by atoms with van der Waals surface area (Å²) in [5, 5.41) is 0. The Kier molecular flexibility index (Phi) is 31.8. The predicted octanol–water partition coefficient (Wildman–Crippen LogP) is 10.00. The molecule has 0 bridgehead atoms. The maximum absolute atomic E-state index is 12.6. The van der Waals surface area contributed by atoms with Crippen molar-refractivity contribution in [3.05, 3.63) is 12.2 Å². The van der Waals surface area contributed by atoms with Crippen LogP contribution in [-0.2, 0) is 32.7 Å². The van der Waals surface area contributed by atoms with Crippen LogP contribution in [0.2, 0.25) is 0 Å². The van der Waals surface area contributed by atoms with E-state index in [1.54, 1.807) is 0 Å². The average Bonchev–Trinajstić information content (AvgIpc) is 3.04. The van der Waals surface area contributed by atoms with Crippen LogP contribution in [0.5, 0.6) is 0 Å². The number of phosphoric ester groups is 1. The van der Waals surface area contributed by atoms with Gasteiger partial charge in [-0.05, 0) is 38.5 Å². The van der Waals surface area contributed by atoms with Gasteiger partial charge in [0.05, 0.1) is 27.7 Å². The second-order valence-electron chi connectivity index (χ2n) is 14.7. The normalized spacial score (nSPS) is 13.8. The van der Waals surface area contributed by atoms with Crippen LogP contribution in [-0.4, -0.2) is 70.0 Å². The van der Waals surface area contributed by atoms with Crippen molar-refractivity contribution in [2.24, 2.45) is 0 Å². The molecule has 0 N–H and O–H groups in total. The number of ether oxygens (including phenoxy) is 2. The second-order valence-corrected chi connectivity index (χ2v) is 16.1. The minimum absolute atomic E-state index is 0.0297. The average molecular weight is 718 g/mol. The quantitative estimate of drug-likeness (QED) is 0.0207. The molecule has 0 saturated carbocycles. The maximum atomic E-state index is 12.6. The molecule has 0 aliphatic carbocycles. The van der Waals surface area contributed by atoms with Gasteiger partial charge < -0.3 is 27.9 Å². The Hall–Kier alpha value is -1.25. The molecule has 0 amide bonds. The van der Waals surface area contributed by atoms with Gasteiger partial charge in [-0.2, -0.15) is 0 Å². The zero-order valence-electron chi connectivity index (χ0n) is 32.4. The van der Waals surface area contributed by atoms with E-state index in [2.05, 4.69) is 26.0 Å². The van der Waals surface area contributed by atoms with Crippen molar-refractivity contribution in [3.8, 4) is 0 Å². The number of allylic oxidation sites excluding steroid dienone is 2. The number of hydrogen-bond donors (Lipinski definition) is 0. The maximum Gasteiger partial charge on any atom is 0.306 e. The molecule has 0 fully saturated rings. The first kappa shape index (κ1) is 47.8. The van der Waals surface area contributed by atoms with Gasteiger partial charge in [0.2, 0.25) is 0 Å². The molecule has 0 aliphatic rings. The number of phosphoric acid groups is 1. The minimum atomic E-state index is -4.61. The first-order valence-electron chi connectivity index (χ1n) is 19.9. The lowest BCUT2D eigenvalue weighted by molar-refractivity contribution is -0.870. The van der Waals surface area contributed by atoms with E-state index in [0.29, 0.717) is 17.4 Å². The van der Waals surface area contributed by atoms with E-state index in [0.717, 1.165) is 57.8 Å². The summed E-state index contributed by atoms with van der Waals surface area (Å²) in [6.07, 6.45) is 30.9. The number of unbranched alkanes of at least 4 members (excludes halogenated alkanes) is 20. The zero-order chi connectivity index (χ0) is 36.5. The molecular weight excluding hydrogens is 641 g/mol. The summed E-state index contributed by atoms with van der Waals surface area (Å²) in [6.45, 7) is 4.19. The first-order chi connectivity index (χ1) is 23.5. The molecule has 2 atom stereocenters. The monoisotopic (exact) mass is 718 g/mol. The number of nitrogens with zero attached hydrogens (tertiary/aromatic N) is 1. The Labute approximate surface area is 301 Å². The number of quaternary nitrogens is 1. The van der Waals surface area contributed by atoms with Crippen LogP contribution >= 0.6 is 7.82 Å². The third-order valence-corrected chi connectivity index (χ3v) is 9.50. The van der Waals surface area contributed by atoms with Crippen molar-refractivity contribution in [2.75, 3.05) is 47.5 Å². The molecule has 0 spiro atoms. The second kappa shape index (κ2) is 32.6. The van der Waals surface area contributed by atoms with Gasteiger partial charge in [-0.1, -0.05) is 135 Å². The van der Waals surface area contributed by atoms with E-state index in [1.165, 1.54) is 83.5 Å². The molecule has 290 valence electrons. The number of likely N-dealkylation sites (N-methyl/N-ethyl adjacent to an activating group) is 1. The van der Waals surface area contributed by atoms with Gasteiger partial charge in [0, 0.05) is 12.8 Å². The summed E-state index contributed by atoms with van der Waals surface area (Å²) in [7, 11) is 1.17. The topological polar surface area (TPSA) is 111 Å². The molecule has 49 heavy (non-hydrogen) atoms. The Morgan fingerprint density at radius 1 is 0.612 bits per heavy atom. The van der Waals surface area contributed by atoms with Gasteiger partial charge >= 0.3 is 11.9 Å². The van der Waals surface area contributed by atoms with Crippen molar-refractivity contribution in [1.29, 1.82) is 0 Å². The summed E-state index contributed by atoms with van der Waals surface area (Å²) in [4.78, 5) is 37.3. The Morgan fingerprint density at radius 2 is 1.04 bits per heavy atom.